The first-order valence-electron chi connectivity index (χ1n) is 10.4. The zero-order valence-corrected chi connectivity index (χ0v) is 19.2. The summed E-state index contributed by atoms with van der Waals surface area (Å²) >= 11 is 6.26. The number of nitrogens with zero attached hydrogens (tertiary/aromatic N) is 2. The zero-order valence-electron chi connectivity index (χ0n) is 18.5. The Morgan fingerprint density at radius 3 is 2.37 bits per heavy atom. The van der Waals surface area contributed by atoms with Crippen molar-refractivity contribution in [1.29, 1.82) is 0 Å². The minimum atomic E-state index is 0.688. The van der Waals surface area contributed by atoms with Crippen LogP contribution in [0.1, 0.15) is 44.4 Å². The summed E-state index contributed by atoms with van der Waals surface area (Å²) in [5.41, 5.74) is 4.84. The SMILES string of the molecule is C=C1NC(=Nc2cccc(Cl)c2C)N(Cc2ccccc2)c2[nH]ccc21.CC.CC. The van der Waals surface area contributed by atoms with Crippen LogP contribution in [0.25, 0.3) is 5.70 Å². The largest absolute Gasteiger partial charge is 0.347 e. The van der Waals surface area contributed by atoms with Gasteiger partial charge in [0, 0.05) is 22.5 Å². The second kappa shape index (κ2) is 11.3. The van der Waals surface area contributed by atoms with Crippen LogP contribution in [0.3, 0.4) is 0 Å². The van der Waals surface area contributed by atoms with Crippen molar-refractivity contribution in [2.45, 2.75) is 41.2 Å². The van der Waals surface area contributed by atoms with Crippen molar-refractivity contribution in [2.75, 3.05) is 4.90 Å². The maximum absolute atomic E-state index is 6.26. The van der Waals surface area contributed by atoms with E-state index in [0.717, 1.165) is 34.3 Å². The highest BCUT2D eigenvalue weighted by Gasteiger charge is 2.26. The molecule has 2 aromatic carbocycles. The van der Waals surface area contributed by atoms with Gasteiger partial charge in [-0.15, -0.1) is 0 Å². The first-order valence-corrected chi connectivity index (χ1v) is 10.8. The molecule has 0 saturated carbocycles. The van der Waals surface area contributed by atoms with Gasteiger partial charge < -0.3 is 10.3 Å². The average Bonchev–Trinajstić information content (AvgIpc) is 3.28. The third kappa shape index (κ3) is 5.14. The molecule has 0 bridgehead atoms. The number of hydrogen-bond donors (Lipinski definition) is 2. The van der Waals surface area contributed by atoms with Crippen molar-refractivity contribution in [2.24, 2.45) is 4.99 Å². The number of benzene rings is 2. The Kier molecular flexibility index (Phi) is 8.75. The average molecular weight is 423 g/mol. The molecule has 0 atom stereocenters. The van der Waals surface area contributed by atoms with Crippen molar-refractivity contribution in [1.82, 2.24) is 10.3 Å². The molecule has 4 rings (SSSR count). The fourth-order valence-corrected chi connectivity index (χ4v) is 3.21. The third-order valence-electron chi connectivity index (χ3n) is 4.49. The van der Waals surface area contributed by atoms with Crippen LogP contribution in [0.15, 0.2) is 72.4 Å². The van der Waals surface area contributed by atoms with E-state index in [4.69, 9.17) is 16.6 Å². The van der Waals surface area contributed by atoms with Gasteiger partial charge in [-0.2, -0.15) is 0 Å². The first-order chi connectivity index (χ1) is 14.6. The van der Waals surface area contributed by atoms with Crippen molar-refractivity contribution in [3.63, 3.8) is 0 Å². The molecule has 4 nitrogen and oxygen atoms in total. The van der Waals surface area contributed by atoms with Gasteiger partial charge in [0.1, 0.15) is 5.82 Å². The molecule has 0 aliphatic carbocycles. The van der Waals surface area contributed by atoms with Crippen LogP contribution >= 0.6 is 11.6 Å². The molecule has 2 N–H and O–H groups in total. The maximum atomic E-state index is 6.26. The molecule has 5 heteroatoms. The van der Waals surface area contributed by atoms with Crippen molar-refractivity contribution in [3.05, 3.63) is 89.1 Å². The summed E-state index contributed by atoms with van der Waals surface area (Å²) in [5, 5.41) is 4.05. The molecule has 1 aromatic heterocycles. The Labute approximate surface area is 185 Å². The molecule has 0 saturated heterocycles. The Morgan fingerprint density at radius 1 is 0.967 bits per heavy atom. The van der Waals surface area contributed by atoms with Crippen LogP contribution in [0.2, 0.25) is 5.02 Å². The van der Waals surface area contributed by atoms with Gasteiger partial charge >= 0.3 is 0 Å². The summed E-state index contributed by atoms with van der Waals surface area (Å²) in [6, 6.07) is 18.1. The van der Waals surface area contributed by atoms with Crippen LogP contribution < -0.4 is 10.2 Å². The van der Waals surface area contributed by atoms with E-state index in [1.54, 1.807) is 0 Å². The smallest absolute Gasteiger partial charge is 0.209 e. The van der Waals surface area contributed by atoms with E-state index >= 15 is 0 Å². The second-order valence-corrected chi connectivity index (χ2v) is 6.64. The van der Waals surface area contributed by atoms with Gasteiger partial charge in [0.05, 0.1) is 12.2 Å². The third-order valence-corrected chi connectivity index (χ3v) is 4.90. The number of guanidine groups is 1. The van der Waals surface area contributed by atoms with Gasteiger partial charge in [-0.25, -0.2) is 4.99 Å². The highest BCUT2D eigenvalue weighted by molar-refractivity contribution is 6.31. The normalized spacial score (nSPS) is 13.5. The molecule has 1 aliphatic heterocycles. The highest BCUT2D eigenvalue weighted by Crippen LogP contribution is 2.32. The summed E-state index contributed by atoms with van der Waals surface area (Å²) in [5.74, 6) is 1.70. The van der Waals surface area contributed by atoms with Gasteiger partial charge in [-0.3, -0.25) is 4.90 Å². The fourth-order valence-electron chi connectivity index (χ4n) is 3.04. The molecule has 0 fully saturated rings. The van der Waals surface area contributed by atoms with E-state index in [1.807, 2.05) is 83.3 Å². The Bertz CT molecular complexity index is 989. The lowest BCUT2D eigenvalue weighted by Gasteiger charge is -2.32. The standard InChI is InChI=1S/C21H19ClN4.2C2H6/c1-14-18(22)9-6-10-19(14)25-21-24-15(2)17-11-12-23-20(17)26(21)13-16-7-4-3-5-8-16;2*1-2/h3-12,23H,2,13H2,1H3,(H,24,25);2*1-2H3. The van der Waals surface area contributed by atoms with E-state index < -0.39 is 0 Å². The molecule has 3 aromatic rings. The minimum absolute atomic E-state index is 0.688. The number of aliphatic imine (C=N–C) groups is 1. The van der Waals surface area contributed by atoms with Gasteiger partial charge in [0.2, 0.25) is 5.96 Å². The molecule has 158 valence electrons. The lowest BCUT2D eigenvalue weighted by molar-refractivity contribution is 0.933. The summed E-state index contributed by atoms with van der Waals surface area (Å²) in [4.78, 5) is 10.3. The number of halogens is 1. The number of aromatic amines is 1. The Balaban J connectivity index is 0.000000757. The number of nitrogens with one attached hydrogen (secondary N) is 2. The number of fused-ring (bicyclic) bond motifs is 1. The lowest BCUT2D eigenvalue weighted by atomic mass is 10.1. The summed E-state index contributed by atoms with van der Waals surface area (Å²) in [6.45, 7) is 14.8. The number of aromatic nitrogens is 1. The van der Waals surface area contributed by atoms with E-state index in [2.05, 4.69) is 33.9 Å². The number of hydrogen-bond acceptors (Lipinski definition) is 1. The van der Waals surface area contributed by atoms with E-state index in [1.165, 1.54) is 5.56 Å². The van der Waals surface area contributed by atoms with Crippen molar-refractivity contribution in [3.8, 4) is 0 Å². The molecule has 0 radical (unpaired) electrons. The number of rotatable bonds is 3. The molecule has 0 unspecified atom stereocenters. The quantitative estimate of drug-likeness (QED) is 0.465. The topological polar surface area (TPSA) is 43.4 Å². The van der Waals surface area contributed by atoms with Crippen molar-refractivity contribution < 1.29 is 0 Å². The van der Waals surface area contributed by atoms with Gasteiger partial charge in [0.15, 0.2) is 0 Å². The van der Waals surface area contributed by atoms with Crippen LogP contribution in [0.5, 0.6) is 0 Å². The van der Waals surface area contributed by atoms with Crippen molar-refractivity contribution >= 4 is 34.8 Å². The predicted octanol–water partition coefficient (Wildman–Crippen LogP) is 7.30. The monoisotopic (exact) mass is 422 g/mol. The Morgan fingerprint density at radius 2 is 1.67 bits per heavy atom. The predicted molar refractivity (Wildman–Crippen MR) is 132 cm³/mol. The summed E-state index contributed by atoms with van der Waals surface area (Å²) in [6.07, 6.45) is 1.92. The molecule has 2 heterocycles. The second-order valence-electron chi connectivity index (χ2n) is 6.23. The van der Waals surface area contributed by atoms with Gasteiger partial charge in [-0.1, -0.05) is 82.3 Å². The Hall–Kier alpha value is -2.98. The van der Waals surface area contributed by atoms with Gasteiger partial charge in [-0.05, 0) is 36.2 Å². The molecular formula is C25H31ClN4. The molecular weight excluding hydrogens is 392 g/mol. The van der Waals surface area contributed by atoms with Crippen LogP contribution in [0, 0.1) is 6.92 Å². The molecule has 0 spiro atoms. The van der Waals surface area contributed by atoms with E-state index in [-0.39, 0.29) is 0 Å². The molecule has 30 heavy (non-hydrogen) atoms. The molecule has 1 aliphatic rings. The van der Waals surface area contributed by atoms with Crippen LogP contribution in [0.4, 0.5) is 11.5 Å². The number of H-pyrrole nitrogens is 1. The fraction of sp³-hybridized carbons (Fsp3) is 0.240. The van der Waals surface area contributed by atoms with E-state index in [0.29, 0.717) is 11.6 Å². The van der Waals surface area contributed by atoms with E-state index in [9.17, 15) is 0 Å². The zero-order chi connectivity index (χ0) is 22.1. The first kappa shape index (κ1) is 23.3. The highest BCUT2D eigenvalue weighted by atomic mass is 35.5. The van der Waals surface area contributed by atoms with Crippen LogP contribution in [-0.2, 0) is 6.54 Å². The minimum Gasteiger partial charge on any atom is -0.347 e. The van der Waals surface area contributed by atoms with Crippen LogP contribution in [-0.4, -0.2) is 10.9 Å². The van der Waals surface area contributed by atoms with Gasteiger partial charge in [0.25, 0.3) is 0 Å². The summed E-state index contributed by atoms with van der Waals surface area (Å²) in [7, 11) is 0. The molecule has 0 amide bonds. The maximum Gasteiger partial charge on any atom is 0.209 e. The lowest BCUT2D eigenvalue weighted by Crippen LogP contribution is -2.44. The number of anilines is 1. The summed E-state index contributed by atoms with van der Waals surface area (Å²) < 4.78 is 0.